The van der Waals surface area contributed by atoms with Gasteiger partial charge in [0.15, 0.2) is 0 Å². The first-order valence-electron chi connectivity index (χ1n) is 8.17. The molecule has 2 N–H and O–H groups in total. The summed E-state index contributed by atoms with van der Waals surface area (Å²) in [5.74, 6) is -0.625. The van der Waals surface area contributed by atoms with Gasteiger partial charge in [-0.3, -0.25) is 4.79 Å². The van der Waals surface area contributed by atoms with Gasteiger partial charge in [-0.25, -0.2) is 8.42 Å². The van der Waals surface area contributed by atoms with Crippen molar-refractivity contribution in [2.24, 2.45) is 5.73 Å². The van der Waals surface area contributed by atoms with E-state index in [4.69, 9.17) is 5.73 Å². The van der Waals surface area contributed by atoms with Gasteiger partial charge in [0.25, 0.3) is 0 Å². The summed E-state index contributed by atoms with van der Waals surface area (Å²) in [6, 6.07) is 10.4. The number of benzene rings is 2. The van der Waals surface area contributed by atoms with E-state index in [0.29, 0.717) is 17.5 Å². The van der Waals surface area contributed by atoms with Gasteiger partial charge in [0, 0.05) is 6.54 Å². The molecule has 1 atom stereocenters. The molecule has 0 aromatic heterocycles. The minimum Gasteiger partial charge on any atom is -0.368 e. The van der Waals surface area contributed by atoms with E-state index in [2.05, 4.69) is 0 Å². The van der Waals surface area contributed by atoms with Crippen LogP contribution in [0.4, 0.5) is 0 Å². The molecule has 1 amide bonds. The summed E-state index contributed by atoms with van der Waals surface area (Å²) in [5.41, 5.74) is 9.79. The van der Waals surface area contributed by atoms with Crippen LogP contribution in [0.1, 0.15) is 27.8 Å². The summed E-state index contributed by atoms with van der Waals surface area (Å²) < 4.78 is 28.0. The molecule has 0 saturated heterocycles. The van der Waals surface area contributed by atoms with E-state index in [9.17, 15) is 13.2 Å². The zero-order valence-electron chi connectivity index (χ0n) is 14.6. The van der Waals surface area contributed by atoms with Crippen LogP contribution < -0.4 is 5.73 Å². The topological polar surface area (TPSA) is 80.5 Å². The molecule has 1 aliphatic rings. The smallest absolute Gasteiger partial charge is 0.244 e. The number of carbonyl (C=O) groups is 1. The highest BCUT2D eigenvalue weighted by Gasteiger charge is 2.39. The fourth-order valence-electron chi connectivity index (χ4n) is 3.69. The second-order valence-corrected chi connectivity index (χ2v) is 8.50. The van der Waals surface area contributed by atoms with Crippen molar-refractivity contribution >= 4 is 15.9 Å². The summed E-state index contributed by atoms with van der Waals surface area (Å²) in [6.45, 7) is 5.65. The summed E-state index contributed by atoms with van der Waals surface area (Å²) in [7, 11) is -3.84. The SMILES string of the molecule is Cc1cc(C)c(S(=O)(=O)N2Cc3ccccc3C[C@H]2C(N)=O)c(C)c1. The molecule has 2 aromatic carbocycles. The van der Waals surface area contributed by atoms with E-state index in [-0.39, 0.29) is 11.4 Å². The Hall–Kier alpha value is -2.18. The molecular weight excluding hydrogens is 336 g/mol. The van der Waals surface area contributed by atoms with Crippen LogP contribution in [0.5, 0.6) is 0 Å². The highest BCUT2D eigenvalue weighted by molar-refractivity contribution is 7.89. The van der Waals surface area contributed by atoms with Gasteiger partial charge < -0.3 is 5.73 Å². The maximum atomic E-state index is 13.4. The minimum atomic E-state index is -3.84. The van der Waals surface area contributed by atoms with Gasteiger partial charge in [-0.15, -0.1) is 0 Å². The molecule has 1 heterocycles. The van der Waals surface area contributed by atoms with Crippen LogP contribution in [0.2, 0.25) is 0 Å². The number of carbonyl (C=O) groups excluding carboxylic acids is 1. The van der Waals surface area contributed by atoms with Crippen molar-refractivity contribution < 1.29 is 13.2 Å². The average Bonchev–Trinajstić information content (AvgIpc) is 2.52. The van der Waals surface area contributed by atoms with Crippen molar-refractivity contribution in [3.63, 3.8) is 0 Å². The van der Waals surface area contributed by atoms with Gasteiger partial charge >= 0.3 is 0 Å². The fraction of sp³-hybridized carbons (Fsp3) is 0.316. The highest BCUT2D eigenvalue weighted by Crippen LogP contribution is 2.32. The lowest BCUT2D eigenvalue weighted by molar-refractivity contribution is -0.122. The molecule has 3 rings (SSSR count). The predicted octanol–water partition coefficient (Wildman–Crippen LogP) is 2.21. The highest BCUT2D eigenvalue weighted by atomic mass is 32.2. The standard InChI is InChI=1S/C19H22N2O3S/c1-12-8-13(2)18(14(3)9-12)25(23,24)21-11-16-7-5-4-6-15(16)10-17(21)19(20)22/h4-9,17H,10-11H2,1-3H3,(H2,20,22)/t17-/m0/s1. The van der Waals surface area contributed by atoms with E-state index in [0.717, 1.165) is 16.7 Å². The van der Waals surface area contributed by atoms with Crippen LogP contribution in [0.15, 0.2) is 41.3 Å². The number of nitrogens with two attached hydrogens (primary N) is 1. The number of rotatable bonds is 3. The Morgan fingerprint density at radius 3 is 2.20 bits per heavy atom. The number of fused-ring (bicyclic) bond motifs is 1. The first kappa shape index (κ1) is 17.6. The lowest BCUT2D eigenvalue weighted by Gasteiger charge is -2.34. The Labute approximate surface area is 148 Å². The second kappa shape index (κ2) is 6.28. The maximum Gasteiger partial charge on any atom is 0.244 e. The predicted molar refractivity (Wildman–Crippen MR) is 96.5 cm³/mol. The van der Waals surface area contributed by atoms with Crippen LogP contribution in [-0.2, 0) is 27.8 Å². The van der Waals surface area contributed by atoms with Crippen molar-refractivity contribution in [1.82, 2.24) is 4.31 Å². The monoisotopic (exact) mass is 358 g/mol. The molecule has 25 heavy (non-hydrogen) atoms. The quantitative estimate of drug-likeness (QED) is 0.913. The lowest BCUT2D eigenvalue weighted by atomic mass is 9.95. The third-order valence-corrected chi connectivity index (χ3v) is 6.87. The van der Waals surface area contributed by atoms with Crippen molar-refractivity contribution in [2.75, 3.05) is 0 Å². The van der Waals surface area contributed by atoms with Crippen LogP contribution in [0.25, 0.3) is 0 Å². The van der Waals surface area contributed by atoms with Gasteiger partial charge in [0.05, 0.1) is 4.90 Å². The minimum absolute atomic E-state index is 0.152. The van der Waals surface area contributed by atoms with Crippen molar-refractivity contribution in [3.8, 4) is 0 Å². The van der Waals surface area contributed by atoms with Gasteiger partial charge in [0.2, 0.25) is 15.9 Å². The number of hydrogen-bond donors (Lipinski definition) is 1. The van der Waals surface area contributed by atoms with Gasteiger partial charge in [0.1, 0.15) is 6.04 Å². The molecule has 0 fully saturated rings. The molecule has 0 spiro atoms. The molecular formula is C19H22N2O3S. The van der Waals surface area contributed by atoms with Gasteiger partial charge in [-0.1, -0.05) is 42.0 Å². The van der Waals surface area contributed by atoms with Gasteiger partial charge in [-0.05, 0) is 49.4 Å². The van der Waals surface area contributed by atoms with Crippen LogP contribution in [0.3, 0.4) is 0 Å². The van der Waals surface area contributed by atoms with E-state index in [1.165, 1.54) is 4.31 Å². The van der Waals surface area contributed by atoms with Crippen molar-refractivity contribution in [2.45, 2.75) is 44.7 Å². The molecule has 5 nitrogen and oxygen atoms in total. The molecule has 0 radical (unpaired) electrons. The Morgan fingerprint density at radius 2 is 1.64 bits per heavy atom. The number of nitrogens with zero attached hydrogens (tertiary/aromatic N) is 1. The molecule has 6 heteroatoms. The number of sulfonamides is 1. The summed E-state index contributed by atoms with van der Waals surface area (Å²) >= 11 is 0. The number of hydrogen-bond acceptors (Lipinski definition) is 3. The first-order chi connectivity index (χ1) is 11.7. The Kier molecular flexibility index (Phi) is 4.43. The lowest BCUT2D eigenvalue weighted by Crippen LogP contribution is -2.51. The maximum absolute atomic E-state index is 13.4. The molecule has 0 bridgehead atoms. The second-order valence-electron chi connectivity index (χ2n) is 6.67. The average molecular weight is 358 g/mol. The molecule has 0 unspecified atom stereocenters. The van der Waals surface area contributed by atoms with E-state index < -0.39 is 22.0 Å². The van der Waals surface area contributed by atoms with Crippen molar-refractivity contribution in [3.05, 3.63) is 64.2 Å². The zero-order valence-corrected chi connectivity index (χ0v) is 15.4. The molecule has 0 saturated carbocycles. The molecule has 1 aliphatic heterocycles. The zero-order chi connectivity index (χ0) is 18.4. The molecule has 2 aromatic rings. The third kappa shape index (κ3) is 3.07. The number of aryl methyl sites for hydroxylation is 3. The summed E-state index contributed by atoms with van der Waals surface area (Å²) in [5, 5.41) is 0. The van der Waals surface area contributed by atoms with E-state index in [1.807, 2.05) is 43.3 Å². The van der Waals surface area contributed by atoms with Crippen LogP contribution in [0, 0.1) is 20.8 Å². The largest absolute Gasteiger partial charge is 0.368 e. The molecule has 0 aliphatic carbocycles. The van der Waals surface area contributed by atoms with E-state index in [1.54, 1.807) is 13.8 Å². The van der Waals surface area contributed by atoms with E-state index >= 15 is 0 Å². The first-order valence-corrected chi connectivity index (χ1v) is 9.61. The Balaban J connectivity index is 2.14. The number of primary amides is 1. The number of amides is 1. The van der Waals surface area contributed by atoms with Gasteiger partial charge in [-0.2, -0.15) is 4.31 Å². The Morgan fingerprint density at radius 1 is 1.08 bits per heavy atom. The normalized spacial score (nSPS) is 18.0. The summed E-state index contributed by atoms with van der Waals surface area (Å²) in [6.07, 6.45) is 0.300. The summed E-state index contributed by atoms with van der Waals surface area (Å²) in [4.78, 5) is 12.3. The Bertz CT molecular complexity index is 928. The van der Waals surface area contributed by atoms with Crippen molar-refractivity contribution in [1.29, 1.82) is 0 Å². The fourth-order valence-corrected chi connectivity index (χ4v) is 5.67. The third-order valence-electron chi connectivity index (χ3n) is 4.71. The molecule has 132 valence electrons. The van der Waals surface area contributed by atoms with Crippen LogP contribution in [-0.4, -0.2) is 24.7 Å². The van der Waals surface area contributed by atoms with Crippen LogP contribution >= 0.6 is 0 Å².